The molecule has 0 saturated heterocycles. The van der Waals surface area contributed by atoms with Crippen molar-refractivity contribution >= 4 is 18.0 Å². The number of carboxylic acid groups (broad SMARTS) is 1. The summed E-state index contributed by atoms with van der Waals surface area (Å²) in [5, 5.41) is 11.7. The first-order valence-electron chi connectivity index (χ1n) is 11.1. The molecule has 1 saturated carbocycles. The molecule has 0 radical (unpaired) electrons. The first-order valence-corrected chi connectivity index (χ1v) is 11.1. The van der Waals surface area contributed by atoms with Crippen molar-refractivity contribution in [2.45, 2.75) is 38.1 Å². The van der Waals surface area contributed by atoms with E-state index in [1.165, 1.54) is 4.90 Å². The van der Waals surface area contributed by atoms with Crippen molar-refractivity contribution in [3.05, 3.63) is 59.7 Å². The van der Waals surface area contributed by atoms with E-state index in [4.69, 9.17) is 9.84 Å². The molecule has 2 amide bonds. The minimum atomic E-state index is -0.955. The lowest BCUT2D eigenvalue weighted by Crippen LogP contribution is -2.50. The van der Waals surface area contributed by atoms with Crippen LogP contribution in [0.15, 0.2) is 48.5 Å². The van der Waals surface area contributed by atoms with E-state index in [0.29, 0.717) is 6.54 Å². The first-order chi connectivity index (χ1) is 15.5. The van der Waals surface area contributed by atoms with Crippen molar-refractivity contribution in [1.29, 1.82) is 0 Å². The van der Waals surface area contributed by atoms with Gasteiger partial charge in [0.2, 0.25) is 5.91 Å². The number of fused-ring (bicyclic) bond motifs is 3. The van der Waals surface area contributed by atoms with Crippen LogP contribution in [0.3, 0.4) is 0 Å². The number of carboxylic acids is 1. The number of carbonyl (C=O) groups excluding carboxylic acids is 2. The largest absolute Gasteiger partial charge is 0.481 e. The fourth-order valence-electron chi connectivity index (χ4n) is 4.43. The fraction of sp³-hybridized carbons (Fsp3) is 0.400. The van der Waals surface area contributed by atoms with Crippen molar-refractivity contribution in [2.75, 3.05) is 19.7 Å². The number of nitrogens with zero attached hydrogens (tertiary/aromatic N) is 1. The molecule has 1 atom stereocenters. The van der Waals surface area contributed by atoms with Crippen molar-refractivity contribution in [3.8, 4) is 11.1 Å². The summed E-state index contributed by atoms with van der Waals surface area (Å²) in [6.07, 6.45) is 0.973. The Kier molecular flexibility index (Phi) is 6.44. The van der Waals surface area contributed by atoms with Crippen LogP contribution in [0.1, 0.15) is 43.2 Å². The van der Waals surface area contributed by atoms with Crippen LogP contribution in [0.2, 0.25) is 0 Å². The minimum Gasteiger partial charge on any atom is -0.481 e. The Balaban J connectivity index is 1.41. The average Bonchev–Trinajstić information content (AvgIpc) is 3.59. The van der Waals surface area contributed by atoms with E-state index in [0.717, 1.165) is 35.1 Å². The van der Waals surface area contributed by atoms with E-state index in [2.05, 4.69) is 29.6 Å². The lowest BCUT2D eigenvalue weighted by molar-refractivity contribution is -0.139. The number of benzene rings is 2. The van der Waals surface area contributed by atoms with E-state index in [9.17, 15) is 14.4 Å². The molecule has 0 spiro atoms. The van der Waals surface area contributed by atoms with E-state index in [1.807, 2.05) is 24.3 Å². The standard InChI is InChI=1S/C25H28N2O5/c1-2-27(14-13-22(28)29)24(30)23(16-11-12-16)26-25(31)32-15-21-19-9-5-3-7-17(19)18-8-4-6-10-20(18)21/h3-10,16,21,23H,2,11-15H2,1H3,(H,26,31)(H,28,29). The summed E-state index contributed by atoms with van der Waals surface area (Å²) in [5.41, 5.74) is 4.56. The number of nitrogens with one attached hydrogen (secondary N) is 1. The molecule has 0 aromatic heterocycles. The highest BCUT2D eigenvalue weighted by atomic mass is 16.5. The molecule has 2 aliphatic rings. The molecule has 7 nitrogen and oxygen atoms in total. The third-order valence-electron chi connectivity index (χ3n) is 6.27. The predicted octanol–water partition coefficient (Wildman–Crippen LogP) is 3.63. The lowest BCUT2D eigenvalue weighted by Gasteiger charge is -2.26. The Labute approximate surface area is 187 Å². The number of amides is 2. The second-order valence-corrected chi connectivity index (χ2v) is 8.35. The number of carbonyl (C=O) groups is 3. The molecule has 2 aliphatic carbocycles. The van der Waals surface area contributed by atoms with Gasteiger partial charge in [0.25, 0.3) is 0 Å². The zero-order valence-electron chi connectivity index (χ0n) is 18.1. The van der Waals surface area contributed by atoms with Gasteiger partial charge in [-0.05, 0) is 47.9 Å². The molecular formula is C25H28N2O5. The van der Waals surface area contributed by atoms with Gasteiger partial charge in [-0.1, -0.05) is 48.5 Å². The van der Waals surface area contributed by atoms with Gasteiger partial charge in [-0.3, -0.25) is 9.59 Å². The van der Waals surface area contributed by atoms with Gasteiger partial charge in [-0.15, -0.1) is 0 Å². The second kappa shape index (κ2) is 9.42. The van der Waals surface area contributed by atoms with Crippen molar-refractivity contribution in [2.24, 2.45) is 5.92 Å². The summed E-state index contributed by atoms with van der Waals surface area (Å²) >= 11 is 0. The number of rotatable bonds is 9. The van der Waals surface area contributed by atoms with Crippen LogP contribution in [0.5, 0.6) is 0 Å². The van der Waals surface area contributed by atoms with Gasteiger partial charge in [-0.2, -0.15) is 0 Å². The molecule has 4 rings (SSSR count). The normalized spacial score (nSPS) is 15.4. The number of alkyl carbamates (subject to hydrolysis) is 1. The van der Waals surface area contributed by atoms with E-state index in [-0.39, 0.29) is 37.3 Å². The van der Waals surface area contributed by atoms with Gasteiger partial charge >= 0.3 is 12.1 Å². The maximum Gasteiger partial charge on any atom is 0.407 e. The van der Waals surface area contributed by atoms with Crippen LogP contribution in [0.4, 0.5) is 4.79 Å². The molecule has 2 aromatic carbocycles. The summed E-state index contributed by atoms with van der Waals surface area (Å²) in [5.74, 6) is -1.18. The first kappa shape index (κ1) is 21.9. The Morgan fingerprint density at radius 3 is 2.19 bits per heavy atom. The third kappa shape index (κ3) is 4.61. The number of aliphatic carboxylic acids is 1. The monoisotopic (exact) mass is 436 g/mol. The van der Waals surface area contributed by atoms with Gasteiger partial charge in [0.15, 0.2) is 0 Å². The molecule has 2 N–H and O–H groups in total. The van der Waals surface area contributed by atoms with Gasteiger partial charge < -0.3 is 20.1 Å². The molecule has 0 bridgehead atoms. The molecule has 2 aromatic rings. The lowest BCUT2D eigenvalue weighted by atomic mass is 9.98. The predicted molar refractivity (Wildman–Crippen MR) is 119 cm³/mol. The topological polar surface area (TPSA) is 95.9 Å². The second-order valence-electron chi connectivity index (χ2n) is 8.35. The fourth-order valence-corrected chi connectivity index (χ4v) is 4.43. The smallest absolute Gasteiger partial charge is 0.407 e. The SMILES string of the molecule is CCN(CCC(=O)O)C(=O)C(NC(=O)OCC1c2ccccc2-c2ccccc21)C1CC1. The summed E-state index contributed by atoms with van der Waals surface area (Å²) in [7, 11) is 0. The molecular weight excluding hydrogens is 408 g/mol. The Morgan fingerprint density at radius 2 is 1.66 bits per heavy atom. The zero-order chi connectivity index (χ0) is 22.7. The molecule has 7 heteroatoms. The Hall–Kier alpha value is -3.35. The number of likely N-dealkylation sites (N-methyl/N-ethyl adjacent to an activating group) is 1. The maximum absolute atomic E-state index is 13.0. The quantitative estimate of drug-likeness (QED) is 0.626. The zero-order valence-corrected chi connectivity index (χ0v) is 18.1. The van der Waals surface area contributed by atoms with E-state index < -0.39 is 18.1 Å². The van der Waals surface area contributed by atoms with Crippen LogP contribution in [-0.2, 0) is 14.3 Å². The summed E-state index contributed by atoms with van der Waals surface area (Å²) in [6, 6.07) is 15.5. The van der Waals surface area contributed by atoms with Gasteiger partial charge in [0, 0.05) is 19.0 Å². The summed E-state index contributed by atoms with van der Waals surface area (Å²) in [4.78, 5) is 38.0. The maximum atomic E-state index is 13.0. The molecule has 168 valence electrons. The molecule has 1 unspecified atom stereocenters. The highest BCUT2D eigenvalue weighted by Crippen LogP contribution is 2.44. The van der Waals surface area contributed by atoms with Gasteiger partial charge in [0.1, 0.15) is 12.6 Å². The molecule has 32 heavy (non-hydrogen) atoms. The van der Waals surface area contributed by atoms with Crippen LogP contribution in [0.25, 0.3) is 11.1 Å². The van der Waals surface area contributed by atoms with Crippen molar-refractivity contribution < 1.29 is 24.2 Å². The van der Waals surface area contributed by atoms with Gasteiger partial charge in [-0.25, -0.2) is 4.79 Å². The van der Waals surface area contributed by atoms with Crippen LogP contribution < -0.4 is 5.32 Å². The van der Waals surface area contributed by atoms with Crippen molar-refractivity contribution in [1.82, 2.24) is 10.2 Å². The highest BCUT2D eigenvalue weighted by molar-refractivity contribution is 5.87. The van der Waals surface area contributed by atoms with E-state index in [1.54, 1.807) is 6.92 Å². The Bertz CT molecular complexity index is 971. The molecule has 1 fully saturated rings. The van der Waals surface area contributed by atoms with Crippen LogP contribution in [-0.4, -0.2) is 53.7 Å². The van der Waals surface area contributed by atoms with Crippen molar-refractivity contribution in [3.63, 3.8) is 0 Å². The number of hydrogen-bond acceptors (Lipinski definition) is 4. The third-order valence-corrected chi connectivity index (χ3v) is 6.27. The van der Waals surface area contributed by atoms with E-state index >= 15 is 0 Å². The summed E-state index contributed by atoms with van der Waals surface area (Å²) < 4.78 is 5.59. The number of hydrogen-bond donors (Lipinski definition) is 2. The average molecular weight is 437 g/mol. The minimum absolute atomic E-state index is 0.0501. The number of ether oxygens (including phenoxy) is 1. The molecule has 0 aliphatic heterocycles. The van der Waals surface area contributed by atoms with Crippen LogP contribution >= 0.6 is 0 Å². The molecule has 0 heterocycles. The highest BCUT2D eigenvalue weighted by Gasteiger charge is 2.39. The Morgan fingerprint density at radius 1 is 1.06 bits per heavy atom. The summed E-state index contributed by atoms with van der Waals surface area (Å²) in [6.45, 7) is 2.50. The van der Waals surface area contributed by atoms with Crippen LogP contribution in [0, 0.1) is 5.92 Å². The van der Waals surface area contributed by atoms with Gasteiger partial charge in [0.05, 0.1) is 6.42 Å².